The summed E-state index contributed by atoms with van der Waals surface area (Å²) in [4.78, 5) is 10.8. The van der Waals surface area contributed by atoms with E-state index in [-0.39, 0.29) is 23.7 Å². The Morgan fingerprint density at radius 2 is 1.92 bits per heavy atom. The monoisotopic (exact) mass is 182 g/mol. The molecule has 0 saturated carbocycles. The molecule has 4 heteroatoms. The number of aliphatic hydroxyl groups excluding tert-OH is 1. The Kier molecular flexibility index (Phi) is 2.87. The number of carbonyl (C=O) groups is 1. The second-order valence-corrected chi connectivity index (χ2v) is 2.70. The van der Waals surface area contributed by atoms with Gasteiger partial charge in [0, 0.05) is 6.42 Å². The largest absolute Gasteiger partial charge is 0.504 e. The lowest BCUT2D eigenvalue weighted by Gasteiger charge is -2.01. The summed E-state index contributed by atoms with van der Waals surface area (Å²) >= 11 is 0. The van der Waals surface area contributed by atoms with Gasteiger partial charge >= 0.3 is 0 Å². The van der Waals surface area contributed by atoms with Crippen molar-refractivity contribution in [1.29, 1.82) is 0 Å². The first-order valence-electron chi connectivity index (χ1n) is 3.77. The molecule has 0 unspecified atom stereocenters. The number of phenols is 2. The lowest BCUT2D eigenvalue weighted by molar-refractivity contribution is -0.121. The van der Waals surface area contributed by atoms with Crippen LogP contribution in [0.1, 0.15) is 5.56 Å². The molecule has 0 aliphatic heterocycles. The Morgan fingerprint density at radius 3 is 2.46 bits per heavy atom. The van der Waals surface area contributed by atoms with Gasteiger partial charge in [0.1, 0.15) is 6.61 Å². The highest BCUT2D eigenvalue weighted by Gasteiger charge is 2.04. The maximum absolute atomic E-state index is 10.8. The Hall–Kier alpha value is -1.55. The lowest BCUT2D eigenvalue weighted by atomic mass is 10.1. The Morgan fingerprint density at radius 1 is 1.23 bits per heavy atom. The van der Waals surface area contributed by atoms with Crippen molar-refractivity contribution in [3.05, 3.63) is 23.8 Å². The fraction of sp³-hybridized carbons (Fsp3) is 0.222. The summed E-state index contributed by atoms with van der Waals surface area (Å²) in [7, 11) is 0. The molecule has 70 valence electrons. The van der Waals surface area contributed by atoms with E-state index < -0.39 is 6.61 Å². The fourth-order valence-corrected chi connectivity index (χ4v) is 0.963. The van der Waals surface area contributed by atoms with Crippen molar-refractivity contribution in [3.63, 3.8) is 0 Å². The van der Waals surface area contributed by atoms with Gasteiger partial charge in [-0.3, -0.25) is 4.79 Å². The molecule has 4 nitrogen and oxygen atoms in total. The van der Waals surface area contributed by atoms with Crippen molar-refractivity contribution >= 4 is 5.78 Å². The van der Waals surface area contributed by atoms with E-state index in [1.807, 2.05) is 0 Å². The van der Waals surface area contributed by atoms with Crippen LogP contribution in [0.3, 0.4) is 0 Å². The maximum atomic E-state index is 10.8. The highest BCUT2D eigenvalue weighted by Crippen LogP contribution is 2.24. The summed E-state index contributed by atoms with van der Waals surface area (Å²) in [6.07, 6.45) is 0.0599. The van der Waals surface area contributed by atoms with E-state index >= 15 is 0 Å². The van der Waals surface area contributed by atoms with Crippen molar-refractivity contribution in [3.8, 4) is 11.5 Å². The van der Waals surface area contributed by atoms with E-state index in [9.17, 15) is 4.79 Å². The van der Waals surface area contributed by atoms with Crippen LogP contribution in [0.2, 0.25) is 0 Å². The van der Waals surface area contributed by atoms with Crippen LogP contribution in [0.25, 0.3) is 0 Å². The third-order valence-corrected chi connectivity index (χ3v) is 1.62. The predicted octanol–water partition coefficient (Wildman–Crippen LogP) is 0.202. The van der Waals surface area contributed by atoms with Gasteiger partial charge in [-0.05, 0) is 17.7 Å². The molecule has 0 amide bonds. The summed E-state index contributed by atoms with van der Waals surface area (Å²) < 4.78 is 0. The average molecular weight is 182 g/mol. The van der Waals surface area contributed by atoms with Crippen LogP contribution in [-0.4, -0.2) is 27.7 Å². The number of carbonyl (C=O) groups excluding carboxylic acids is 1. The Balaban J connectivity index is 2.79. The number of hydrogen-bond acceptors (Lipinski definition) is 4. The summed E-state index contributed by atoms with van der Waals surface area (Å²) in [5.74, 6) is -0.812. The van der Waals surface area contributed by atoms with Crippen molar-refractivity contribution in [1.82, 2.24) is 0 Å². The van der Waals surface area contributed by atoms with Crippen molar-refractivity contribution < 1.29 is 20.1 Å². The first-order valence-corrected chi connectivity index (χ1v) is 3.77. The standard InChI is InChI=1S/C9H10O4/c10-5-7(11)3-6-1-2-8(12)9(13)4-6/h1-2,4,10,12-13H,3,5H2. The van der Waals surface area contributed by atoms with Gasteiger partial charge in [0.2, 0.25) is 0 Å². The predicted molar refractivity (Wildman–Crippen MR) is 45.6 cm³/mol. The molecule has 0 fully saturated rings. The van der Waals surface area contributed by atoms with E-state index in [1.54, 1.807) is 0 Å². The van der Waals surface area contributed by atoms with Crippen LogP contribution in [-0.2, 0) is 11.2 Å². The molecule has 0 spiro atoms. The van der Waals surface area contributed by atoms with E-state index in [4.69, 9.17) is 15.3 Å². The highest BCUT2D eigenvalue weighted by atomic mass is 16.3. The van der Waals surface area contributed by atoms with Gasteiger partial charge in [-0.15, -0.1) is 0 Å². The van der Waals surface area contributed by atoms with E-state index in [0.29, 0.717) is 5.56 Å². The molecule has 1 rings (SSSR count). The molecule has 1 aromatic rings. The second-order valence-electron chi connectivity index (χ2n) is 2.70. The molecule has 0 aliphatic rings. The molecule has 3 N–H and O–H groups in total. The van der Waals surface area contributed by atoms with Crippen molar-refractivity contribution in [2.75, 3.05) is 6.61 Å². The Labute approximate surface area is 75.1 Å². The molecule has 0 aromatic heterocycles. The van der Waals surface area contributed by atoms with Crippen molar-refractivity contribution in [2.45, 2.75) is 6.42 Å². The van der Waals surface area contributed by atoms with Gasteiger partial charge in [-0.1, -0.05) is 6.07 Å². The number of Topliss-reactive ketones (excluding diaryl/α,β-unsaturated/α-hetero) is 1. The molecule has 0 aliphatic carbocycles. The number of aliphatic hydroxyl groups is 1. The summed E-state index contributed by atoms with van der Waals surface area (Å²) in [6, 6.07) is 4.11. The van der Waals surface area contributed by atoms with Crippen LogP contribution in [0.15, 0.2) is 18.2 Å². The molecule has 0 saturated heterocycles. The SMILES string of the molecule is O=C(CO)Cc1ccc(O)c(O)c1. The van der Waals surface area contributed by atoms with E-state index in [2.05, 4.69) is 0 Å². The van der Waals surface area contributed by atoms with Crippen LogP contribution >= 0.6 is 0 Å². The maximum Gasteiger partial charge on any atom is 0.162 e. The number of rotatable bonds is 3. The minimum absolute atomic E-state index is 0.0599. The zero-order chi connectivity index (χ0) is 9.84. The van der Waals surface area contributed by atoms with Gasteiger partial charge in [0.05, 0.1) is 0 Å². The van der Waals surface area contributed by atoms with E-state index in [0.717, 1.165) is 0 Å². The van der Waals surface area contributed by atoms with Gasteiger partial charge in [-0.25, -0.2) is 0 Å². The zero-order valence-electron chi connectivity index (χ0n) is 6.90. The molecule has 0 bridgehead atoms. The first-order chi connectivity index (χ1) is 6.13. The second kappa shape index (κ2) is 3.91. The molecule has 1 aromatic carbocycles. The number of phenolic OH excluding ortho intramolecular Hbond substituents is 2. The normalized spacial score (nSPS) is 9.92. The first kappa shape index (κ1) is 9.54. The van der Waals surface area contributed by atoms with Gasteiger partial charge in [-0.2, -0.15) is 0 Å². The smallest absolute Gasteiger partial charge is 0.162 e. The molecular formula is C9H10O4. The number of ketones is 1. The lowest BCUT2D eigenvalue weighted by Crippen LogP contribution is -2.06. The topological polar surface area (TPSA) is 77.8 Å². The minimum atomic E-state index is -0.512. The van der Waals surface area contributed by atoms with Crippen LogP contribution in [0, 0.1) is 0 Å². The number of aromatic hydroxyl groups is 2. The molecular weight excluding hydrogens is 172 g/mol. The molecule has 0 radical (unpaired) electrons. The van der Waals surface area contributed by atoms with Crippen molar-refractivity contribution in [2.24, 2.45) is 0 Å². The summed E-state index contributed by atoms with van der Waals surface area (Å²) in [5.41, 5.74) is 0.564. The fourth-order valence-electron chi connectivity index (χ4n) is 0.963. The average Bonchev–Trinajstić information content (AvgIpc) is 2.11. The van der Waals surface area contributed by atoms with Crippen LogP contribution in [0.4, 0.5) is 0 Å². The third-order valence-electron chi connectivity index (χ3n) is 1.62. The zero-order valence-corrected chi connectivity index (χ0v) is 6.90. The van der Waals surface area contributed by atoms with Gasteiger partial charge in [0.25, 0.3) is 0 Å². The van der Waals surface area contributed by atoms with Gasteiger partial charge in [0.15, 0.2) is 17.3 Å². The molecule has 0 heterocycles. The number of hydrogen-bond donors (Lipinski definition) is 3. The minimum Gasteiger partial charge on any atom is -0.504 e. The van der Waals surface area contributed by atoms with Crippen LogP contribution in [0.5, 0.6) is 11.5 Å². The quantitative estimate of drug-likeness (QED) is 0.583. The Bertz CT molecular complexity index is 319. The summed E-state index contributed by atoms with van der Waals surface area (Å²) in [5, 5.41) is 26.5. The molecule has 0 atom stereocenters. The highest BCUT2D eigenvalue weighted by molar-refractivity contribution is 5.81. The van der Waals surface area contributed by atoms with E-state index in [1.165, 1.54) is 18.2 Å². The number of benzene rings is 1. The third kappa shape index (κ3) is 2.45. The summed E-state index contributed by atoms with van der Waals surface area (Å²) in [6.45, 7) is -0.512. The van der Waals surface area contributed by atoms with Crippen LogP contribution < -0.4 is 0 Å². The van der Waals surface area contributed by atoms with Gasteiger partial charge < -0.3 is 15.3 Å². The molecule has 13 heavy (non-hydrogen) atoms.